The Labute approximate surface area is 296 Å². The Morgan fingerprint density at radius 2 is 0.942 bits per heavy atom. The van der Waals surface area contributed by atoms with Gasteiger partial charge in [0.05, 0.1) is 34.2 Å². The van der Waals surface area contributed by atoms with E-state index in [1.165, 1.54) is 12.1 Å². The molecule has 2 aliphatic heterocycles. The zero-order chi connectivity index (χ0) is 37.2. The molecule has 0 saturated carbocycles. The number of rotatable bonds is 10. The number of anilines is 4. The van der Waals surface area contributed by atoms with Gasteiger partial charge in [-0.2, -0.15) is 47.3 Å². The Balaban J connectivity index is 1.23. The molecule has 52 heavy (non-hydrogen) atoms. The predicted molar refractivity (Wildman–Crippen MR) is 193 cm³/mol. The summed E-state index contributed by atoms with van der Waals surface area (Å²) in [6.07, 6.45) is 0. The van der Waals surface area contributed by atoms with E-state index in [0.29, 0.717) is 11.4 Å². The second-order valence-corrected chi connectivity index (χ2v) is 13.7. The van der Waals surface area contributed by atoms with Gasteiger partial charge >= 0.3 is 11.8 Å². The first-order valence-corrected chi connectivity index (χ1v) is 17.8. The number of hydrogen-bond acceptors (Lipinski definition) is 14. The van der Waals surface area contributed by atoms with Crippen LogP contribution in [0.4, 0.5) is 34.1 Å². The molecule has 2 amide bonds. The Morgan fingerprint density at radius 1 is 0.577 bits per heavy atom. The maximum atomic E-state index is 12.9. The van der Waals surface area contributed by atoms with Gasteiger partial charge in [-0.15, -0.1) is 10.2 Å². The lowest BCUT2D eigenvalue weighted by atomic mass is 10.2. The highest BCUT2D eigenvalue weighted by atomic mass is 32.2. The molecule has 18 nitrogen and oxygen atoms in total. The number of amides is 2. The molecule has 0 aliphatic carbocycles. The Morgan fingerprint density at radius 3 is 1.29 bits per heavy atom. The molecule has 264 valence electrons. The van der Waals surface area contributed by atoms with Crippen molar-refractivity contribution in [1.29, 1.82) is 0 Å². The highest BCUT2D eigenvalue weighted by Gasteiger charge is 2.32. The van der Waals surface area contributed by atoms with Gasteiger partial charge in [-0.25, -0.2) is 0 Å². The maximum Gasteiger partial charge on any atom is 0.301 e. The van der Waals surface area contributed by atoms with Gasteiger partial charge in [-0.1, -0.05) is 36.4 Å². The Bertz CT molecular complexity index is 2310. The average Bonchev–Trinajstić information content (AvgIpc) is 3.57. The fourth-order valence-corrected chi connectivity index (χ4v) is 6.13. The van der Waals surface area contributed by atoms with Gasteiger partial charge < -0.3 is 0 Å². The van der Waals surface area contributed by atoms with Crippen molar-refractivity contribution in [3.05, 3.63) is 97.1 Å². The van der Waals surface area contributed by atoms with Crippen molar-refractivity contribution in [3.63, 3.8) is 0 Å². The molecule has 0 unspecified atom stereocenters. The summed E-state index contributed by atoms with van der Waals surface area (Å²) in [6.45, 7) is 3.13. The first kappa shape index (κ1) is 35.3. The number of hydrogen-bond donors (Lipinski definition) is 4. The summed E-state index contributed by atoms with van der Waals surface area (Å²) in [6, 6.07) is 24.1. The standard InChI is InChI=1S/C32H26N10O8S2/c1-19-29(31(43)41(39-19)23-9-5-3-6-10-23)37-33-21-13-15-25(27(17-21)51(45,46)47)35-36-26-16-14-22(18-28(26)52(48,49)50)34-38-30-20(2)40-42(32(30)44)24-11-7-4-8-12-24/h3-18,33-34H,1-2H3,(H,45,46,47)(H,48,49,50)/b36-35?,37-29-,38-30-. The molecule has 2 heterocycles. The van der Waals surface area contributed by atoms with Crippen molar-refractivity contribution in [2.75, 3.05) is 20.9 Å². The van der Waals surface area contributed by atoms with Gasteiger partial charge in [-0.3, -0.25) is 29.5 Å². The number of carbonyl (C=O) groups is 2. The number of benzene rings is 4. The van der Waals surface area contributed by atoms with E-state index in [9.17, 15) is 35.5 Å². The largest absolute Gasteiger partial charge is 0.301 e. The van der Waals surface area contributed by atoms with Gasteiger partial charge in [0.1, 0.15) is 21.2 Å². The van der Waals surface area contributed by atoms with Gasteiger partial charge in [0.15, 0.2) is 11.4 Å². The van der Waals surface area contributed by atoms with Crippen molar-refractivity contribution in [2.24, 2.45) is 30.6 Å². The minimum atomic E-state index is -4.93. The molecule has 4 aromatic carbocycles. The van der Waals surface area contributed by atoms with Crippen LogP contribution in [-0.2, 0) is 29.8 Å². The van der Waals surface area contributed by atoms with E-state index in [4.69, 9.17) is 0 Å². The SMILES string of the molecule is CC1=NN(c2ccccc2)C(=O)/C1=N\Nc1ccc(N=Nc2ccc(N/N=C3\C(=O)N(c4ccccc4)N=C3C)cc2S(=O)(=O)O)c(S(=O)(=O)O)c1. The third kappa shape index (κ3) is 7.49. The molecule has 4 aromatic rings. The first-order chi connectivity index (χ1) is 24.7. The van der Waals surface area contributed by atoms with Crippen molar-refractivity contribution in [2.45, 2.75) is 23.6 Å². The van der Waals surface area contributed by atoms with E-state index in [1.54, 1.807) is 74.5 Å². The third-order valence-corrected chi connectivity index (χ3v) is 9.08. The van der Waals surface area contributed by atoms with Gasteiger partial charge in [0.2, 0.25) is 0 Å². The fourth-order valence-electron chi connectivity index (χ4n) is 4.84. The Kier molecular flexibility index (Phi) is 9.54. The van der Waals surface area contributed by atoms with Crippen LogP contribution in [0.5, 0.6) is 0 Å². The summed E-state index contributed by atoms with van der Waals surface area (Å²) in [4.78, 5) is 24.4. The van der Waals surface area contributed by atoms with Crippen LogP contribution in [0.25, 0.3) is 0 Å². The predicted octanol–water partition coefficient (Wildman–Crippen LogP) is 4.98. The molecule has 0 fully saturated rings. The van der Waals surface area contributed by atoms with Crippen LogP contribution in [0, 0.1) is 0 Å². The number of carbonyl (C=O) groups excluding carboxylic acids is 2. The zero-order valence-corrected chi connectivity index (χ0v) is 28.6. The lowest BCUT2D eigenvalue weighted by molar-refractivity contribution is -0.112. The quantitative estimate of drug-likeness (QED) is 0.0964. The highest BCUT2D eigenvalue weighted by molar-refractivity contribution is 7.86. The molecular weight excluding hydrogens is 717 g/mol. The molecule has 20 heteroatoms. The summed E-state index contributed by atoms with van der Waals surface area (Å²) in [7, 11) is -9.86. The molecule has 0 atom stereocenters. The number of nitrogens with zero attached hydrogens (tertiary/aromatic N) is 8. The minimum Gasteiger partial charge on any atom is -0.282 e. The molecular formula is C32H26N10O8S2. The Hall–Kier alpha value is -6.48. The van der Waals surface area contributed by atoms with Gasteiger partial charge in [0, 0.05) is 0 Å². The van der Waals surface area contributed by atoms with Crippen LogP contribution in [0.2, 0.25) is 0 Å². The molecule has 0 bridgehead atoms. The smallest absolute Gasteiger partial charge is 0.282 e. The molecule has 2 aliphatic rings. The zero-order valence-electron chi connectivity index (χ0n) is 27.0. The van der Waals surface area contributed by atoms with E-state index in [2.05, 4.69) is 41.5 Å². The molecule has 0 aromatic heterocycles. The summed E-state index contributed by atoms with van der Waals surface area (Å²) in [5.41, 5.74) is 5.89. The van der Waals surface area contributed by atoms with Crippen molar-refractivity contribution in [1.82, 2.24) is 0 Å². The van der Waals surface area contributed by atoms with Gasteiger partial charge in [0.25, 0.3) is 20.2 Å². The third-order valence-electron chi connectivity index (χ3n) is 7.31. The summed E-state index contributed by atoms with van der Waals surface area (Å²) in [5.74, 6) is -1.07. The number of nitrogens with one attached hydrogen (secondary N) is 2. The van der Waals surface area contributed by atoms with Crippen LogP contribution in [0.15, 0.2) is 137 Å². The highest BCUT2D eigenvalue weighted by Crippen LogP contribution is 2.33. The van der Waals surface area contributed by atoms with E-state index in [-0.39, 0.29) is 34.2 Å². The van der Waals surface area contributed by atoms with E-state index in [1.807, 2.05) is 0 Å². The van der Waals surface area contributed by atoms with E-state index in [0.717, 1.165) is 34.3 Å². The fraction of sp³-hybridized carbons (Fsp3) is 0.0625. The van der Waals surface area contributed by atoms with Crippen molar-refractivity contribution >= 4 is 89.0 Å². The molecule has 0 saturated heterocycles. The minimum absolute atomic E-state index is 0.0291. The monoisotopic (exact) mass is 742 g/mol. The van der Waals surface area contributed by atoms with Crippen LogP contribution in [-0.4, -0.2) is 60.6 Å². The van der Waals surface area contributed by atoms with Gasteiger partial charge in [-0.05, 0) is 74.5 Å². The molecule has 0 radical (unpaired) electrons. The topological polar surface area (TPSA) is 248 Å². The summed E-state index contributed by atoms with van der Waals surface area (Å²) < 4.78 is 69.1. The molecule has 4 N–H and O–H groups in total. The van der Waals surface area contributed by atoms with Crippen LogP contribution >= 0.6 is 0 Å². The number of hydrazone groups is 4. The van der Waals surface area contributed by atoms with E-state index < -0.39 is 53.2 Å². The summed E-state index contributed by atoms with van der Waals surface area (Å²) in [5, 5.41) is 26.5. The molecule has 0 spiro atoms. The molecule has 6 rings (SSSR count). The lowest BCUT2D eigenvalue weighted by Crippen LogP contribution is -2.27. The average molecular weight is 743 g/mol. The van der Waals surface area contributed by atoms with Crippen molar-refractivity contribution in [3.8, 4) is 0 Å². The van der Waals surface area contributed by atoms with E-state index >= 15 is 0 Å². The number of azo groups is 1. The van der Waals surface area contributed by atoms with Crippen LogP contribution < -0.4 is 20.9 Å². The van der Waals surface area contributed by atoms with Crippen molar-refractivity contribution < 1.29 is 35.5 Å². The summed E-state index contributed by atoms with van der Waals surface area (Å²) >= 11 is 0. The normalized spacial score (nSPS) is 16.6. The van der Waals surface area contributed by atoms with Crippen LogP contribution in [0.3, 0.4) is 0 Å². The first-order valence-electron chi connectivity index (χ1n) is 14.9. The lowest BCUT2D eigenvalue weighted by Gasteiger charge is -2.11. The maximum absolute atomic E-state index is 12.9. The second kappa shape index (κ2) is 14.0. The number of para-hydroxylation sites is 2. The second-order valence-electron chi connectivity index (χ2n) is 10.9. The van der Waals surface area contributed by atoms with Crippen LogP contribution in [0.1, 0.15) is 13.8 Å².